The Hall–Kier alpha value is -3.02. The molecule has 148 valence electrons. The average Bonchev–Trinajstić information content (AvgIpc) is 3.21. The number of anilines is 1. The van der Waals surface area contributed by atoms with Crippen molar-refractivity contribution in [3.05, 3.63) is 93.0 Å². The largest absolute Gasteiger partial charge is 0.459 e. The molecule has 0 aliphatic carbocycles. The van der Waals surface area contributed by atoms with E-state index in [2.05, 4.69) is 10.6 Å². The zero-order valence-corrected chi connectivity index (χ0v) is 17.3. The van der Waals surface area contributed by atoms with Crippen LogP contribution in [0.2, 0.25) is 10.0 Å². The van der Waals surface area contributed by atoms with Crippen LogP contribution in [0.15, 0.2) is 64.9 Å². The molecule has 0 spiro atoms. The highest BCUT2D eigenvalue weighted by Gasteiger charge is 2.17. The molecule has 0 unspecified atom stereocenters. The number of hydrogen-bond donors (Lipinski definition) is 2. The van der Waals surface area contributed by atoms with Gasteiger partial charge >= 0.3 is 0 Å². The second-order valence-corrected chi connectivity index (χ2v) is 7.25. The minimum absolute atomic E-state index is 0.00819. The van der Waals surface area contributed by atoms with E-state index in [1.165, 1.54) is 18.4 Å². The highest BCUT2D eigenvalue weighted by atomic mass is 35.5. The van der Waals surface area contributed by atoms with Crippen molar-refractivity contribution in [1.29, 1.82) is 0 Å². The van der Waals surface area contributed by atoms with Crippen LogP contribution in [0.4, 0.5) is 5.69 Å². The predicted molar refractivity (Wildman–Crippen MR) is 115 cm³/mol. The fourth-order valence-corrected chi connectivity index (χ4v) is 3.00. The summed E-state index contributed by atoms with van der Waals surface area (Å²) in [7, 11) is 0. The number of rotatable bonds is 5. The summed E-state index contributed by atoms with van der Waals surface area (Å²) in [6, 6.07) is 13.5. The lowest BCUT2D eigenvalue weighted by atomic mass is 10.1. The standard InChI is InChI=1S/C22H18Cl2N2O3/c1-13-5-8-17(10-14(13)2)25-21(27)19(26-22(28)20-4-3-9-29-20)11-15-6-7-16(23)12-18(15)24/h3-12H,1-2H3,(H,25,27)(H,26,28)/b19-11-. The first kappa shape index (κ1) is 20.7. The smallest absolute Gasteiger partial charge is 0.291 e. The molecule has 2 amide bonds. The van der Waals surface area contributed by atoms with Crippen LogP contribution < -0.4 is 10.6 Å². The number of carbonyl (C=O) groups excluding carboxylic acids is 2. The molecule has 1 heterocycles. The molecule has 2 aromatic carbocycles. The van der Waals surface area contributed by atoms with Gasteiger partial charge in [-0.15, -0.1) is 0 Å². The minimum Gasteiger partial charge on any atom is -0.459 e. The van der Waals surface area contributed by atoms with Gasteiger partial charge in [0.1, 0.15) is 5.70 Å². The minimum atomic E-state index is -0.554. The van der Waals surface area contributed by atoms with Crippen LogP contribution in [0, 0.1) is 13.8 Å². The number of nitrogens with one attached hydrogen (secondary N) is 2. The normalized spacial score (nSPS) is 11.2. The van der Waals surface area contributed by atoms with Crippen molar-refractivity contribution >= 4 is 46.8 Å². The monoisotopic (exact) mass is 428 g/mol. The van der Waals surface area contributed by atoms with E-state index in [0.717, 1.165) is 11.1 Å². The van der Waals surface area contributed by atoms with E-state index in [1.54, 1.807) is 30.3 Å². The maximum Gasteiger partial charge on any atom is 0.291 e. The van der Waals surface area contributed by atoms with E-state index < -0.39 is 11.8 Å². The van der Waals surface area contributed by atoms with Crippen LogP contribution >= 0.6 is 23.2 Å². The summed E-state index contributed by atoms with van der Waals surface area (Å²) in [4.78, 5) is 25.3. The van der Waals surface area contributed by atoms with E-state index in [1.807, 2.05) is 26.0 Å². The molecule has 7 heteroatoms. The molecule has 0 atom stereocenters. The number of furan rings is 1. The van der Waals surface area contributed by atoms with Crippen molar-refractivity contribution in [2.75, 3.05) is 5.32 Å². The van der Waals surface area contributed by atoms with Crippen molar-refractivity contribution in [3.63, 3.8) is 0 Å². The third-order valence-electron chi connectivity index (χ3n) is 4.26. The van der Waals surface area contributed by atoms with Gasteiger partial charge in [0.2, 0.25) is 0 Å². The van der Waals surface area contributed by atoms with E-state index in [-0.39, 0.29) is 11.5 Å². The number of hydrogen-bond acceptors (Lipinski definition) is 3. The summed E-state index contributed by atoms with van der Waals surface area (Å²) in [5.41, 5.74) is 3.29. The highest BCUT2D eigenvalue weighted by Crippen LogP contribution is 2.23. The van der Waals surface area contributed by atoms with Crippen molar-refractivity contribution in [2.45, 2.75) is 13.8 Å². The Morgan fingerprint density at radius 1 is 1.00 bits per heavy atom. The van der Waals surface area contributed by atoms with Gasteiger partial charge in [-0.05, 0) is 73.0 Å². The number of aryl methyl sites for hydroxylation is 2. The second-order valence-electron chi connectivity index (χ2n) is 6.41. The first-order valence-corrected chi connectivity index (χ1v) is 9.49. The summed E-state index contributed by atoms with van der Waals surface area (Å²) in [6.45, 7) is 3.94. The third kappa shape index (κ3) is 5.28. The van der Waals surface area contributed by atoms with Crippen molar-refractivity contribution in [1.82, 2.24) is 5.32 Å². The summed E-state index contributed by atoms with van der Waals surface area (Å²) in [6.07, 6.45) is 2.86. The molecular formula is C22H18Cl2N2O3. The molecule has 0 aliphatic rings. The number of halogens is 2. The molecule has 5 nitrogen and oxygen atoms in total. The quantitative estimate of drug-likeness (QED) is 0.518. The van der Waals surface area contributed by atoms with E-state index in [0.29, 0.717) is 21.3 Å². The molecular weight excluding hydrogens is 411 g/mol. The van der Waals surface area contributed by atoms with Crippen LogP contribution in [-0.4, -0.2) is 11.8 Å². The van der Waals surface area contributed by atoms with Gasteiger partial charge < -0.3 is 15.1 Å². The fourth-order valence-electron chi connectivity index (χ4n) is 2.54. The first-order valence-electron chi connectivity index (χ1n) is 8.73. The Kier molecular flexibility index (Phi) is 6.42. The topological polar surface area (TPSA) is 71.3 Å². The van der Waals surface area contributed by atoms with Gasteiger partial charge in [-0.2, -0.15) is 0 Å². The van der Waals surface area contributed by atoms with Crippen LogP contribution in [0.5, 0.6) is 0 Å². The lowest BCUT2D eigenvalue weighted by Gasteiger charge is -2.12. The highest BCUT2D eigenvalue weighted by molar-refractivity contribution is 6.35. The molecule has 1 aromatic heterocycles. The first-order chi connectivity index (χ1) is 13.8. The van der Waals surface area contributed by atoms with Crippen molar-refractivity contribution < 1.29 is 14.0 Å². The predicted octanol–water partition coefficient (Wildman–Crippen LogP) is 5.61. The van der Waals surface area contributed by atoms with Crippen LogP contribution in [-0.2, 0) is 4.79 Å². The Labute approximate surface area is 178 Å². The van der Waals surface area contributed by atoms with Gasteiger partial charge in [0.15, 0.2) is 5.76 Å². The summed E-state index contributed by atoms with van der Waals surface area (Å²) >= 11 is 12.2. The molecule has 0 bridgehead atoms. The van der Waals surface area contributed by atoms with Gasteiger partial charge in [0.05, 0.1) is 6.26 Å². The number of carbonyl (C=O) groups is 2. The molecule has 2 N–H and O–H groups in total. The van der Waals surface area contributed by atoms with Crippen LogP contribution in [0.3, 0.4) is 0 Å². The van der Waals surface area contributed by atoms with Gasteiger partial charge in [0.25, 0.3) is 11.8 Å². The Morgan fingerprint density at radius 2 is 1.79 bits per heavy atom. The lowest BCUT2D eigenvalue weighted by Crippen LogP contribution is -2.30. The fraction of sp³-hybridized carbons (Fsp3) is 0.0909. The van der Waals surface area contributed by atoms with E-state index in [4.69, 9.17) is 27.6 Å². The second kappa shape index (κ2) is 8.99. The van der Waals surface area contributed by atoms with Crippen molar-refractivity contribution in [2.24, 2.45) is 0 Å². The summed E-state index contributed by atoms with van der Waals surface area (Å²) < 4.78 is 5.10. The van der Waals surface area contributed by atoms with E-state index in [9.17, 15) is 9.59 Å². The van der Waals surface area contributed by atoms with Gasteiger partial charge in [-0.25, -0.2) is 0 Å². The lowest BCUT2D eigenvalue weighted by molar-refractivity contribution is -0.113. The maximum atomic E-state index is 12.9. The van der Waals surface area contributed by atoms with Crippen LogP contribution in [0.1, 0.15) is 27.2 Å². The molecule has 3 rings (SSSR count). The average molecular weight is 429 g/mol. The zero-order chi connectivity index (χ0) is 21.0. The summed E-state index contributed by atoms with van der Waals surface area (Å²) in [5.74, 6) is -0.974. The van der Waals surface area contributed by atoms with E-state index >= 15 is 0 Å². The molecule has 0 saturated heterocycles. The third-order valence-corrected chi connectivity index (χ3v) is 4.83. The van der Waals surface area contributed by atoms with Crippen LogP contribution in [0.25, 0.3) is 6.08 Å². The summed E-state index contributed by atoms with van der Waals surface area (Å²) in [5, 5.41) is 6.18. The zero-order valence-electron chi connectivity index (χ0n) is 15.8. The number of amides is 2. The molecule has 3 aromatic rings. The van der Waals surface area contributed by atoms with Gasteiger partial charge in [0, 0.05) is 15.7 Å². The molecule has 0 radical (unpaired) electrons. The molecule has 0 fully saturated rings. The Balaban J connectivity index is 1.92. The maximum absolute atomic E-state index is 12.9. The molecule has 0 aliphatic heterocycles. The Bertz CT molecular complexity index is 1090. The van der Waals surface area contributed by atoms with Gasteiger partial charge in [-0.1, -0.05) is 35.3 Å². The number of benzene rings is 2. The Morgan fingerprint density at radius 3 is 2.45 bits per heavy atom. The van der Waals surface area contributed by atoms with Gasteiger partial charge in [-0.3, -0.25) is 9.59 Å². The molecule has 29 heavy (non-hydrogen) atoms. The van der Waals surface area contributed by atoms with Crippen molar-refractivity contribution in [3.8, 4) is 0 Å². The molecule has 0 saturated carbocycles. The SMILES string of the molecule is Cc1ccc(NC(=O)/C(=C/c2ccc(Cl)cc2Cl)NC(=O)c2ccco2)cc1C.